The van der Waals surface area contributed by atoms with Crippen molar-refractivity contribution in [3.8, 4) is 0 Å². The Hall–Kier alpha value is -0.0800. The molecule has 0 radical (unpaired) electrons. The zero-order valence-corrected chi connectivity index (χ0v) is 11.5. The Labute approximate surface area is 111 Å². The highest BCUT2D eigenvalue weighted by Gasteiger charge is 2.54. The van der Waals surface area contributed by atoms with Crippen molar-refractivity contribution in [1.82, 2.24) is 5.43 Å². The number of hydrogen-bond donors (Lipinski definition) is 2. The van der Waals surface area contributed by atoms with Crippen molar-refractivity contribution >= 4 is 0 Å². The standard InChI is InChI=1S/C16H28N2/c17-18-15(7-11-2-1-3-11)16-8-12-4-13(9-16)6-14(5-12)10-16/h11-15,18H,1-10,17H2. The van der Waals surface area contributed by atoms with Gasteiger partial charge in [-0.1, -0.05) is 19.3 Å². The van der Waals surface area contributed by atoms with E-state index >= 15 is 0 Å². The highest BCUT2D eigenvalue weighted by molar-refractivity contribution is 5.06. The highest BCUT2D eigenvalue weighted by atomic mass is 15.2. The van der Waals surface area contributed by atoms with E-state index in [-0.39, 0.29) is 0 Å². The van der Waals surface area contributed by atoms with E-state index < -0.39 is 0 Å². The van der Waals surface area contributed by atoms with Gasteiger partial charge in [-0.05, 0) is 74.0 Å². The lowest BCUT2D eigenvalue weighted by Gasteiger charge is -2.60. The Kier molecular flexibility index (Phi) is 2.74. The van der Waals surface area contributed by atoms with Crippen LogP contribution in [0.4, 0.5) is 0 Å². The average Bonchev–Trinajstić information content (AvgIpc) is 2.25. The van der Waals surface area contributed by atoms with Crippen LogP contribution in [0.15, 0.2) is 0 Å². The van der Waals surface area contributed by atoms with Gasteiger partial charge in [0.2, 0.25) is 0 Å². The summed E-state index contributed by atoms with van der Waals surface area (Å²) in [5.41, 5.74) is 3.85. The minimum atomic E-state index is 0.596. The van der Waals surface area contributed by atoms with E-state index in [9.17, 15) is 0 Å². The average molecular weight is 248 g/mol. The van der Waals surface area contributed by atoms with Gasteiger partial charge in [0.15, 0.2) is 0 Å². The Bertz CT molecular complexity index is 286. The first kappa shape index (κ1) is 11.7. The number of hydrogen-bond acceptors (Lipinski definition) is 2. The second kappa shape index (κ2) is 4.21. The second-order valence-electron chi connectivity index (χ2n) is 8.03. The summed E-state index contributed by atoms with van der Waals surface area (Å²) in [6.45, 7) is 0. The van der Waals surface area contributed by atoms with Crippen LogP contribution in [0, 0.1) is 29.1 Å². The van der Waals surface area contributed by atoms with Crippen LogP contribution >= 0.6 is 0 Å². The molecule has 102 valence electrons. The smallest absolute Gasteiger partial charge is 0.0269 e. The Balaban J connectivity index is 1.53. The second-order valence-corrected chi connectivity index (χ2v) is 8.03. The van der Waals surface area contributed by atoms with E-state index in [0.717, 1.165) is 23.7 Å². The Morgan fingerprint density at radius 2 is 1.56 bits per heavy atom. The van der Waals surface area contributed by atoms with Crippen LogP contribution in [-0.2, 0) is 0 Å². The minimum Gasteiger partial charge on any atom is -0.271 e. The van der Waals surface area contributed by atoms with Gasteiger partial charge in [0, 0.05) is 6.04 Å². The molecular weight excluding hydrogens is 220 g/mol. The maximum atomic E-state index is 5.97. The van der Waals surface area contributed by atoms with Crippen LogP contribution in [0.3, 0.4) is 0 Å². The van der Waals surface area contributed by atoms with Crippen LogP contribution in [0.5, 0.6) is 0 Å². The van der Waals surface area contributed by atoms with Gasteiger partial charge >= 0.3 is 0 Å². The van der Waals surface area contributed by atoms with Gasteiger partial charge in [0.25, 0.3) is 0 Å². The molecule has 0 saturated heterocycles. The molecule has 0 heterocycles. The van der Waals surface area contributed by atoms with Crippen molar-refractivity contribution in [2.45, 2.75) is 70.3 Å². The molecule has 2 nitrogen and oxygen atoms in total. The van der Waals surface area contributed by atoms with Crippen LogP contribution in [0.25, 0.3) is 0 Å². The lowest BCUT2D eigenvalue weighted by atomic mass is 9.47. The van der Waals surface area contributed by atoms with Crippen molar-refractivity contribution in [3.05, 3.63) is 0 Å². The summed E-state index contributed by atoms with van der Waals surface area (Å²) in [4.78, 5) is 0. The molecule has 2 heteroatoms. The van der Waals surface area contributed by atoms with Crippen LogP contribution in [-0.4, -0.2) is 6.04 Å². The molecule has 18 heavy (non-hydrogen) atoms. The molecule has 1 atom stereocenters. The predicted molar refractivity (Wildman–Crippen MR) is 73.7 cm³/mol. The molecule has 0 amide bonds. The molecular formula is C16H28N2. The lowest BCUT2D eigenvalue weighted by Crippen LogP contribution is -2.58. The van der Waals surface area contributed by atoms with Crippen molar-refractivity contribution in [2.24, 2.45) is 34.9 Å². The van der Waals surface area contributed by atoms with E-state index in [0.29, 0.717) is 11.5 Å². The van der Waals surface area contributed by atoms with Crippen LogP contribution in [0.2, 0.25) is 0 Å². The third-order valence-corrected chi connectivity index (χ3v) is 6.82. The molecule has 3 N–H and O–H groups in total. The highest BCUT2D eigenvalue weighted by Crippen LogP contribution is 2.62. The molecule has 5 rings (SSSR count). The summed E-state index contributed by atoms with van der Waals surface area (Å²) in [6.07, 6.45) is 14.8. The van der Waals surface area contributed by atoms with Crippen molar-refractivity contribution < 1.29 is 0 Å². The van der Waals surface area contributed by atoms with Crippen LogP contribution < -0.4 is 11.3 Å². The molecule has 1 unspecified atom stereocenters. The molecule has 0 aromatic carbocycles. The fourth-order valence-electron chi connectivity index (χ4n) is 6.16. The summed E-state index contributed by atoms with van der Waals surface area (Å²) in [5.74, 6) is 10.1. The first-order valence-electron chi connectivity index (χ1n) is 8.23. The fraction of sp³-hybridized carbons (Fsp3) is 1.00. The summed E-state index contributed by atoms with van der Waals surface area (Å²) in [6, 6.07) is 0.621. The van der Waals surface area contributed by atoms with Gasteiger partial charge in [-0.15, -0.1) is 0 Å². The van der Waals surface area contributed by atoms with E-state index in [4.69, 9.17) is 5.84 Å². The third-order valence-electron chi connectivity index (χ3n) is 6.82. The van der Waals surface area contributed by atoms with Gasteiger partial charge in [-0.25, -0.2) is 0 Å². The van der Waals surface area contributed by atoms with Crippen LogP contribution in [0.1, 0.15) is 64.2 Å². The number of hydrazine groups is 1. The van der Waals surface area contributed by atoms with Crippen molar-refractivity contribution in [3.63, 3.8) is 0 Å². The summed E-state index contributed by atoms with van der Waals surface area (Å²) < 4.78 is 0. The molecule has 5 aliphatic rings. The van der Waals surface area contributed by atoms with Gasteiger partial charge in [-0.3, -0.25) is 11.3 Å². The van der Waals surface area contributed by atoms with Gasteiger partial charge in [-0.2, -0.15) is 0 Å². The molecule has 4 bridgehead atoms. The normalized spacial score (nSPS) is 48.2. The minimum absolute atomic E-state index is 0.596. The molecule has 0 aromatic rings. The molecule has 0 aromatic heterocycles. The van der Waals surface area contributed by atoms with E-state index in [2.05, 4.69) is 5.43 Å². The number of rotatable bonds is 4. The number of nitrogens with two attached hydrogens (primary N) is 1. The van der Waals surface area contributed by atoms with E-state index in [1.54, 1.807) is 19.3 Å². The lowest BCUT2D eigenvalue weighted by molar-refractivity contribution is -0.0795. The molecule has 0 spiro atoms. The first-order valence-corrected chi connectivity index (χ1v) is 8.23. The fourth-order valence-corrected chi connectivity index (χ4v) is 6.16. The first-order chi connectivity index (χ1) is 8.77. The van der Waals surface area contributed by atoms with Crippen molar-refractivity contribution in [1.29, 1.82) is 0 Å². The molecule has 5 saturated carbocycles. The number of nitrogens with one attached hydrogen (secondary N) is 1. The Morgan fingerprint density at radius 3 is 1.94 bits per heavy atom. The van der Waals surface area contributed by atoms with E-state index in [1.165, 1.54) is 44.9 Å². The summed E-state index contributed by atoms with van der Waals surface area (Å²) in [7, 11) is 0. The SMILES string of the molecule is NNC(CC1CCC1)C12CC3CC(CC(C3)C1)C2. The molecule has 5 fully saturated rings. The molecule has 5 aliphatic carbocycles. The zero-order chi connectivity index (χ0) is 12.2. The van der Waals surface area contributed by atoms with Gasteiger partial charge in [0.05, 0.1) is 0 Å². The van der Waals surface area contributed by atoms with Gasteiger partial charge in [0.1, 0.15) is 0 Å². The van der Waals surface area contributed by atoms with Gasteiger partial charge < -0.3 is 0 Å². The topological polar surface area (TPSA) is 38.0 Å². The van der Waals surface area contributed by atoms with Crippen molar-refractivity contribution in [2.75, 3.05) is 0 Å². The monoisotopic (exact) mass is 248 g/mol. The maximum Gasteiger partial charge on any atom is 0.0269 e. The Morgan fingerprint density at radius 1 is 1.00 bits per heavy atom. The largest absolute Gasteiger partial charge is 0.271 e. The third kappa shape index (κ3) is 1.76. The summed E-state index contributed by atoms with van der Waals surface area (Å²) in [5, 5.41) is 0. The predicted octanol–water partition coefficient (Wildman–Crippen LogP) is 3.22. The zero-order valence-electron chi connectivity index (χ0n) is 11.5. The quantitative estimate of drug-likeness (QED) is 0.592. The molecule has 0 aliphatic heterocycles. The maximum absolute atomic E-state index is 5.97. The van der Waals surface area contributed by atoms with E-state index in [1.807, 2.05) is 0 Å². The summed E-state index contributed by atoms with van der Waals surface area (Å²) >= 11 is 0.